The highest BCUT2D eigenvalue weighted by Crippen LogP contribution is 2.16. The Morgan fingerprint density at radius 1 is 1.05 bits per heavy atom. The van der Waals surface area contributed by atoms with Crippen LogP contribution in [0, 0.1) is 13.8 Å². The van der Waals surface area contributed by atoms with Crippen LogP contribution in [0.4, 0.5) is 11.6 Å². The number of hydrogen-bond donors (Lipinski definition) is 3. The van der Waals surface area contributed by atoms with Gasteiger partial charge in [0.1, 0.15) is 0 Å². The summed E-state index contributed by atoms with van der Waals surface area (Å²) in [5.74, 6) is 5.29. The van der Waals surface area contributed by atoms with Crippen LogP contribution in [0.15, 0.2) is 35.2 Å². The average Bonchev–Trinajstić information content (AvgIpc) is 2.37. The number of aryl methyl sites for hydroxylation is 2. The Labute approximate surface area is 117 Å². The van der Waals surface area contributed by atoms with Gasteiger partial charge in [-0.3, -0.25) is 5.84 Å². The van der Waals surface area contributed by atoms with E-state index in [0.29, 0.717) is 17.1 Å². The largest absolute Gasteiger partial charge is 0.324 e. The van der Waals surface area contributed by atoms with Crippen molar-refractivity contribution in [3.63, 3.8) is 0 Å². The van der Waals surface area contributed by atoms with E-state index in [2.05, 4.69) is 20.1 Å². The number of nitrogens with two attached hydrogens (primary N) is 1. The molecule has 0 saturated carbocycles. The van der Waals surface area contributed by atoms with Gasteiger partial charge in [-0.15, -0.1) is 0 Å². The van der Waals surface area contributed by atoms with E-state index in [9.17, 15) is 8.42 Å². The van der Waals surface area contributed by atoms with Crippen LogP contribution in [-0.2, 0) is 10.0 Å². The highest BCUT2D eigenvalue weighted by molar-refractivity contribution is 7.92. The first-order chi connectivity index (χ1) is 9.40. The zero-order valence-electron chi connectivity index (χ0n) is 11.1. The average molecular weight is 293 g/mol. The number of nitrogens with zero attached hydrogens (tertiary/aromatic N) is 2. The Morgan fingerprint density at radius 3 is 2.10 bits per heavy atom. The molecule has 0 atom stereocenters. The number of aromatic nitrogens is 2. The molecule has 0 aliphatic rings. The molecule has 106 valence electrons. The van der Waals surface area contributed by atoms with Crippen molar-refractivity contribution in [3.8, 4) is 0 Å². The first-order valence-corrected chi connectivity index (χ1v) is 7.31. The summed E-state index contributed by atoms with van der Waals surface area (Å²) < 4.78 is 26.7. The molecule has 0 amide bonds. The van der Waals surface area contributed by atoms with Crippen LogP contribution in [0.1, 0.15) is 11.4 Å². The Morgan fingerprint density at radius 2 is 1.60 bits per heavy atom. The molecule has 0 spiro atoms. The lowest BCUT2D eigenvalue weighted by Gasteiger charge is -2.08. The number of benzene rings is 1. The summed E-state index contributed by atoms with van der Waals surface area (Å²) in [4.78, 5) is 8.20. The van der Waals surface area contributed by atoms with E-state index >= 15 is 0 Å². The maximum Gasteiger partial charge on any atom is 0.264 e. The Hall–Kier alpha value is -2.19. The number of sulfonamides is 1. The minimum atomic E-state index is -3.72. The molecule has 0 aliphatic heterocycles. The molecule has 1 aromatic heterocycles. The highest BCUT2D eigenvalue weighted by atomic mass is 32.2. The molecule has 1 heterocycles. The molecule has 8 heteroatoms. The van der Waals surface area contributed by atoms with E-state index in [4.69, 9.17) is 5.84 Å². The lowest BCUT2D eigenvalue weighted by molar-refractivity contribution is 0.601. The van der Waals surface area contributed by atoms with Gasteiger partial charge < -0.3 is 5.43 Å². The van der Waals surface area contributed by atoms with Crippen LogP contribution < -0.4 is 16.0 Å². The molecule has 1 aromatic carbocycles. The molecule has 4 N–H and O–H groups in total. The minimum absolute atomic E-state index is 0.0588. The fourth-order valence-corrected chi connectivity index (χ4v) is 2.62. The van der Waals surface area contributed by atoms with Crippen molar-refractivity contribution in [3.05, 3.63) is 41.7 Å². The molecule has 0 unspecified atom stereocenters. The molecule has 0 bridgehead atoms. The quantitative estimate of drug-likeness (QED) is 0.577. The van der Waals surface area contributed by atoms with Crippen molar-refractivity contribution in [1.82, 2.24) is 9.97 Å². The van der Waals surface area contributed by atoms with Crippen molar-refractivity contribution < 1.29 is 8.42 Å². The van der Waals surface area contributed by atoms with Crippen LogP contribution in [0.5, 0.6) is 0 Å². The topological polar surface area (TPSA) is 110 Å². The standard InChI is InChI=1S/C12H15N5O2S/c1-8-7-9(2)15-12(14-8)17-20(18,19)11-5-3-10(16-13)4-6-11/h3-7,16H,13H2,1-2H3,(H,14,15,17). The van der Waals surface area contributed by atoms with E-state index in [1.54, 1.807) is 32.0 Å². The number of nitrogen functional groups attached to an aromatic ring is 1. The second-order valence-corrected chi connectivity index (χ2v) is 5.93. The molecule has 0 saturated heterocycles. The Bertz CT molecular complexity index is 693. The van der Waals surface area contributed by atoms with Crippen molar-refractivity contribution in [2.45, 2.75) is 18.7 Å². The Kier molecular flexibility index (Phi) is 3.86. The third-order valence-corrected chi connectivity index (χ3v) is 3.88. The number of nitrogens with one attached hydrogen (secondary N) is 2. The lowest BCUT2D eigenvalue weighted by atomic mass is 10.3. The molecule has 20 heavy (non-hydrogen) atoms. The maximum absolute atomic E-state index is 12.2. The van der Waals surface area contributed by atoms with Crippen molar-refractivity contribution in [1.29, 1.82) is 0 Å². The third-order valence-electron chi connectivity index (χ3n) is 2.54. The predicted molar refractivity (Wildman–Crippen MR) is 76.6 cm³/mol. The second kappa shape index (κ2) is 5.43. The van der Waals surface area contributed by atoms with Gasteiger partial charge in [0.15, 0.2) is 0 Å². The van der Waals surface area contributed by atoms with Crippen LogP contribution in [0.3, 0.4) is 0 Å². The lowest BCUT2D eigenvalue weighted by Crippen LogP contribution is -2.16. The number of hydrazine groups is 1. The van der Waals surface area contributed by atoms with Crippen LogP contribution in [0.2, 0.25) is 0 Å². The fraction of sp³-hybridized carbons (Fsp3) is 0.167. The summed E-state index contributed by atoms with van der Waals surface area (Å²) >= 11 is 0. The van der Waals surface area contributed by atoms with E-state index < -0.39 is 10.0 Å². The number of rotatable bonds is 4. The van der Waals surface area contributed by atoms with E-state index in [1.165, 1.54) is 12.1 Å². The molecule has 2 rings (SSSR count). The zero-order chi connectivity index (χ0) is 14.8. The molecular formula is C12H15N5O2S. The van der Waals surface area contributed by atoms with Crippen molar-refractivity contribution in [2.24, 2.45) is 5.84 Å². The van der Waals surface area contributed by atoms with Crippen molar-refractivity contribution >= 4 is 21.7 Å². The third kappa shape index (κ3) is 3.22. The van der Waals surface area contributed by atoms with Gasteiger partial charge in [0.2, 0.25) is 5.95 Å². The molecule has 0 fully saturated rings. The smallest absolute Gasteiger partial charge is 0.264 e. The Balaban J connectivity index is 2.30. The van der Waals surface area contributed by atoms with Gasteiger partial charge in [-0.25, -0.2) is 23.1 Å². The predicted octanol–water partition coefficient (Wildman–Crippen LogP) is 1.18. The minimum Gasteiger partial charge on any atom is -0.324 e. The van der Waals surface area contributed by atoms with Gasteiger partial charge in [0, 0.05) is 17.1 Å². The molecular weight excluding hydrogens is 278 g/mol. The van der Waals surface area contributed by atoms with Crippen LogP contribution in [0.25, 0.3) is 0 Å². The summed E-state index contributed by atoms with van der Waals surface area (Å²) in [5.41, 5.74) is 4.43. The van der Waals surface area contributed by atoms with E-state index in [-0.39, 0.29) is 10.8 Å². The van der Waals surface area contributed by atoms with Gasteiger partial charge >= 0.3 is 0 Å². The molecule has 7 nitrogen and oxygen atoms in total. The number of anilines is 2. The fourth-order valence-electron chi connectivity index (χ4n) is 1.68. The summed E-state index contributed by atoms with van der Waals surface area (Å²) in [6.45, 7) is 3.54. The van der Waals surface area contributed by atoms with E-state index in [0.717, 1.165) is 0 Å². The first-order valence-electron chi connectivity index (χ1n) is 5.82. The first kappa shape index (κ1) is 14.2. The second-order valence-electron chi connectivity index (χ2n) is 4.25. The monoisotopic (exact) mass is 293 g/mol. The van der Waals surface area contributed by atoms with Crippen LogP contribution >= 0.6 is 0 Å². The summed E-state index contributed by atoms with van der Waals surface area (Å²) in [5, 5.41) is 0. The van der Waals surface area contributed by atoms with Gasteiger partial charge in [-0.1, -0.05) is 0 Å². The van der Waals surface area contributed by atoms with E-state index in [1.807, 2.05) is 0 Å². The molecule has 0 aliphatic carbocycles. The molecule has 2 aromatic rings. The van der Waals surface area contributed by atoms with Gasteiger partial charge in [0.05, 0.1) is 4.90 Å². The highest BCUT2D eigenvalue weighted by Gasteiger charge is 2.15. The van der Waals surface area contributed by atoms with Gasteiger partial charge in [-0.2, -0.15) is 0 Å². The summed E-state index contributed by atoms with van der Waals surface area (Å²) in [6, 6.07) is 7.79. The van der Waals surface area contributed by atoms with Crippen molar-refractivity contribution in [2.75, 3.05) is 10.1 Å². The normalized spacial score (nSPS) is 11.2. The zero-order valence-corrected chi connectivity index (χ0v) is 11.9. The SMILES string of the molecule is Cc1cc(C)nc(NS(=O)(=O)c2ccc(NN)cc2)n1. The summed E-state index contributed by atoms with van der Waals surface area (Å²) in [7, 11) is -3.72. The molecule has 0 radical (unpaired) electrons. The maximum atomic E-state index is 12.2. The summed E-state index contributed by atoms with van der Waals surface area (Å²) in [6.07, 6.45) is 0. The number of hydrogen-bond acceptors (Lipinski definition) is 6. The van der Waals surface area contributed by atoms with Crippen LogP contribution in [-0.4, -0.2) is 18.4 Å². The van der Waals surface area contributed by atoms with Gasteiger partial charge in [-0.05, 0) is 44.2 Å². The van der Waals surface area contributed by atoms with Gasteiger partial charge in [0.25, 0.3) is 10.0 Å².